The normalized spacial score (nSPS) is 45.3. The Morgan fingerprint density at radius 2 is 1.64 bits per heavy atom. The van der Waals surface area contributed by atoms with Crippen molar-refractivity contribution in [3.05, 3.63) is 11.6 Å². The number of hydrogen-bond donors (Lipinski definition) is 1. The molecule has 42 heavy (non-hydrogen) atoms. The average Bonchev–Trinajstić information content (AvgIpc) is 2.90. The van der Waals surface area contributed by atoms with Crippen LogP contribution in [0, 0.1) is 75.2 Å². The van der Waals surface area contributed by atoms with E-state index in [9.17, 15) is 14.4 Å². The molecule has 0 radical (unpaired) electrons. The third kappa shape index (κ3) is 4.03. The summed E-state index contributed by atoms with van der Waals surface area (Å²) in [5.41, 5.74) is -0.0589. The van der Waals surface area contributed by atoms with Gasteiger partial charge in [0.15, 0.2) is 5.78 Å². The second-order valence-electron chi connectivity index (χ2n) is 16.3. The summed E-state index contributed by atoms with van der Waals surface area (Å²) in [5, 5.41) is 4.11. The van der Waals surface area contributed by atoms with Gasteiger partial charge >= 0.3 is 0 Å². The smallest absolute Gasteiger partial charge is 0.275 e. The quantitative estimate of drug-likeness (QED) is 0.240. The summed E-state index contributed by atoms with van der Waals surface area (Å²) >= 11 is 0. The molecule has 6 nitrogen and oxygen atoms in total. The summed E-state index contributed by atoms with van der Waals surface area (Å²) < 4.78 is 0. The van der Waals surface area contributed by atoms with Gasteiger partial charge in [-0.15, -0.1) is 0 Å². The minimum Gasteiger partial charge on any atom is -0.353 e. The molecule has 1 N–H and O–H groups in total. The molecule has 2 amide bonds. The topological polar surface area (TPSA) is 75.7 Å². The molecule has 0 aromatic rings. The number of ketones is 1. The van der Waals surface area contributed by atoms with Gasteiger partial charge in [-0.1, -0.05) is 71.9 Å². The van der Waals surface area contributed by atoms with Crippen molar-refractivity contribution >= 4 is 17.6 Å². The van der Waals surface area contributed by atoms with Crippen molar-refractivity contribution in [1.29, 1.82) is 0 Å². The average molecular weight is 575 g/mol. The maximum Gasteiger partial charge on any atom is 0.275 e. The van der Waals surface area contributed by atoms with E-state index in [4.69, 9.17) is 17.7 Å². The summed E-state index contributed by atoms with van der Waals surface area (Å²) in [6.07, 6.45) is 23.2. The molecular weight excluding hydrogens is 524 g/mol. The molecule has 5 aliphatic carbocycles. The highest BCUT2D eigenvalue weighted by Crippen LogP contribution is 2.75. The van der Waals surface area contributed by atoms with Crippen LogP contribution in [0.15, 0.2) is 11.6 Å². The van der Waals surface area contributed by atoms with E-state index >= 15 is 0 Å². The minimum absolute atomic E-state index is 0.0159. The van der Waals surface area contributed by atoms with Crippen molar-refractivity contribution in [2.45, 2.75) is 119 Å². The van der Waals surface area contributed by atoms with Crippen molar-refractivity contribution < 1.29 is 19.2 Å². The summed E-state index contributed by atoms with van der Waals surface area (Å²) in [4.78, 5) is 45.3. The zero-order valence-electron chi connectivity index (χ0n) is 27.0. The molecule has 9 atom stereocenters. The molecule has 5 aliphatic rings. The highest BCUT2D eigenvalue weighted by molar-refractivity contribution is 5.96. The van der Waals surface area contributed by atoms with Gasteiger partial charge in [0, 0.05) is 18.9 Å². The number of nitrogens with one attached hydrogen (secondary N) is 1. The maximum atomic E-state index is 14.6. The van der Waals surface area contributed by atoms with E-state index < -0.39 is 5.41 Å². The minimum atomic E-state index is -0.733. The number of allylic oxidation sites excluding steroid dienone is 2. The lowest BCUT2D eigenvalue weighted by molar-refractivity contribution is -0.190. The fourth-order valence-corrected chi connectivity index (χ4v) is 11.3. The van der Waals surface area contributed by atoms with E-state index in [0.717, 1.165) is 50.0 Å². The fraction of sp³-hybridized carbons (Fsp3) is 0.750. The first-order valence-electron chi connectivity index (χ1n) is 15.9. The number of hydroxylamine groups is 2. The lowest BCUT2D eigenvalue weighted by Gasteiger charge is -2.70. The van der Waals surface area contributed by atoms with E-state index in [1.165, 1.54) is 5.57 Å². The molecule has 5 rings (SSSR count). The predicted octanol–water partition coefficient (Wildman–Crippen LogP) is 6.41. The van der Waals surface area contributed by atoms with Gasteiger partial charge in [-0.3, -0.25) is 14.4 Å². The van der Waals surface area contributed by atoms with Gasteiger partial charge in [0.05, 0.1) is 11.5 Å². The van der Waals surface area contributed by atoms with Gasteiger partial charge < -0.3 is 10.2 Å². The van der Waals surface area contributed by atoms with Crippen LogP contribution >= 0.6 is 0 Å². The summed E-state index contributed by atoms with van der Waals surface area (Å²) in [6, 6.07) is 2.42. The monoisotopic (exact) mass is 574 g/mol. The summed E-state index contributed by atoms with van der Waals surface area (Å²) in [6.45, 7) is 17.7. The molecule has 6 heteroatoms. The zero-order valence-corrected chi connectivity index (χ0v) is 27.0. The Bertz CT molecular complexity index is 1320. The highest BCUT2D eigenvalue weighted by atomic mass is 16.7. The second kappa shape index (κ2) is 9.64. The van der Waals surface area contributed by atoms with Gasteiger partial charge in [-0.2, -0.15) is 0 Å². The number of rotatable bonds is 3. The number of carbonyl (C=O) groups is 3. The largest absolute Gasteiger partial charge is 0.353 e. The zero-order chi connectivity index (χ0) is 31.1. The number of nitrogens with zero attached hydrogens (tertiary/aromatic N) is 1. The first kappa shape index (κ1) is 30.7. The lowest BCUT2D eigenvalue weighted by atomic mass is 9.33. The number of fused-ring (bicyclic) bond motifs is 7. The molecule has 1 unspecified atom stereocenters. The van der Waals surface area contributed by atoms with Gasteiger partial charge in [-0.25, -0.2) is 0 Å². The Balaban J connectivity index is 1.55. The van der Waals surface area contributed by atoms with Crippen LogP contribution in [0.25, 0.3) is 0 Å². The third-order valence-corrected chi connectivity index (χ3v) is 13.9. The Kier molecular flexibility index (Phi) is 7.05. The van der Waals surface area contributed by atoms with Crippen molar-refractivity contribution in [1.82, 2.24) is 10.4 Å². The molecule has 0 bridgehead atoms. The van der Waals surface area contributed by atoms with E-state index in [1.807, 2.05) is 19.1 Å². The fourth-order valence-electron chi connectivity index (χ4n) is 11.3. The van der Waals surface area contributed by atoms with Crippen LogP contribution in [0.3, 0.4) is 0 Å². The van der Waals surface area contributed by atoms with Crippen molar-refractivity contribution in [2.24, 2.45) is 50.2 Å². The van der Waals surface area contributed by atoms with E-state index in [2.05, 4.69) is 52.9 Å². The number of terminal acetylenes is 2. The van der Waals surface area contributed by atoms with Crippen molar-refractivity contribution in [2.75, 3.05) is 0 Å². The summed E-state index contributed by atoms with van der Waals surface area (Å²) in [7, 11) is 0. The molecule has 0 spiro atoms. The standard InChI is InChI=1S/C36H50N2O4/c1-11-38(42-12-2)30(41)33(7)18-17-32(6)19-20-35(9)24(25(32)22-33)21-26(40)29-34(8)15-14-28(37-23(3)39)31(4,5)27(34)13-16-36(29,35)10/h1-2,21,25,27-29H,13-20,22H2,3-10H3,(H,37,39)/t25-,27?,28-,29+,32+,33-,34-,35+,36+/m0/s1. The number of amides is 2. The number of hydrogen-bond acceptors (Lipinski definition) is 4. The molecule has 0 aromatic heterocycles. The molecule has 0 aromatic carbocycles. The van der Waals surface area contributed by atoms with Gasteiger partial charge in [-0.05, 0) is 103 Å². The van der Waals surface area contributed by atoms with Crippen LogP contribution in [0.5, 0.6) is 0 Å². The molecule has 228 valence electrons. The molecule has 4 fully saturated rings. The van der Waals surface area contributed by atoms with E-state index in [0.29, 0.717) is 18.8 Å². The van der Waals surface area contributed by atoms with Gasteiger partial charge in [0.25, 0.3) is 5.91 Å². The summed E-state index contributed by atoms with van der Waals surface area (Å²) in [5.74, 6) is 0.364. The molecular formula is C36H50N2O4. The predicted molar refractivity (Wildman–Crippen MR) is 163 cm³/mol. The van der Waals surface area contributed by atoms with Crippen LogP contribution in [-0.4, -0.2) is 28.7 Å². The van der Waals surface area contributed by atoms with Crippen molar-refractivity contribution in [3.8, 4) is 25.0 Å². The Hall–Kier alpha value is -2.73. The van der Waals surface area contributed by atoms with Crippen LogP contribution in [-0.2, 0) is 19.2 Å². The Morgan fingerprint density at radius 1 is 0.976 bits per heavy atom. The van der Waals surface area contributed by atoms with E-state index in [1.54, 1.807) is 6.92 Å². The van der Waals surface area contributed by atoms with Crippen molar-refractivity contribution in [3.63, 3.8) is 0 Å². The van der Waals surface area contributed by atoms with E-state index in [-0.39, 0.29) is 62.6 Å². The maximum absolute atomic E-state index is 14.6. The second-order valence-corrected chi connectivity index (χ2v) is 16.3. The first-order valence-corrected chi connectivity index (χ1v) is 15.9. The molecule has 0 saturated heterocycles. The van der Waals surface area contributed by atoms with Crippen LogP contribution < -0.4 is 5.32 Å². The van der Waals surface area contributed by atoms with Crippen LogP contribution in [0.1, 0.15) is 113 Å². The van der Waals surface area contributed by atoms with Crippen LogP contribution in [0.4, 0.5) is 0 Å². The Morgan fingerprint density at radius 3 is 2.26 bits per heavy atom. The van der Waals surface area contributed by atoms with Gasteiger partial charge in [0.1, 0.15) is 6.11 Å². The Labute approximate surface area is 253 Å². The SMILES string of the molecule is C#CON(C#C)C(=O)[C@@]1(C)CC[C@]2(C)CC[C@]3(C)C(=CC(=O)[C@@H]4[C@@]5(C)CC[C@H](NC(C)=O)C(C)(C)C5CC[C@]43C)[C@@H]2C1. The highest BCUT2D eigenvalue weighted by Gasteiger charge is 2.70. The lowest BCUT2D eigenvalue weighted by Crippen LogP contribution is -2.67. The first-order chi connectivity index (χ1) is 19.4. The molecule has 0 aliphatic heterocycles. The molecule has 4 saturated carbocycles. The third-order valence-electron chi connectivity index (χ3n) is 13.9. The number of carbonyl (C=O) groups excluding carboxylic acids is 3. The molecule has 0 heterocycles. The van der Waals surface area contributed by atoms with Crippen LogP contribution in [0.2, 0.25) is 0 Å². The van der Waals surface area contributed by atoms with Gasteiger partial charge in [0.2, 0.25) is 5.91 Å².